The van der Waals surface area contributed by atoms with Crippen molar-refractivity contribution in [2.75, 3.05) is 26.9 Å². The highest BCUT2D eigenvalue weighted by molar-refractivity contribution is 5.70. The van der Waals surface area contributed by atoms with E-state index in [1.54, 1.807) is 7.11 Å². The van der Waals surface area contributed by atoms with Crippen molar-refractivity contribution < 1.29 is 9.47 Å². The van der Waals surface area contributed by atoms with Crippen LogP contribution in [0.4, 0.5) is 0 Å². The lowest BCUT2D eigenvalue weighted by molar-refractivity contribution is -0.00276. The maximum atomic E-state index is 5.92. The van der Waals surface area contributed by atoms with Crippen molar-refractivity contribution in [3.63, 3.8) is 0 Å². The van der Waals surface area contributed by atoms with Gasteiger partial charge in [0.2, 0.25) is 0 Å². The van der Waals surface area contributed by atoms with Gasteiger partial charge in [0, 0.05) is 44.2 Å². The lowest BCUT2D eigenvalue weighted by Crippen LogP contribution is -2.45. The zero-order valence-electron chi connectivity index (χ0n) is 19.2. The fraction of sp³-hybridized carbons (Fsp3) is 0.640. The first-order valence-electron chi connectivity index (χ1n) is 11.0. The third-order valence-corrected chi connectivity index (χ3v) is 6.38. The number of hydrogen-bond donors (Lipinski definition) is 1. The molecule has 1 aromatic carbocycles. The van der Waals surface area contributed by atoms with Crippen LogP contribution in [0.3, 0.4) is 0 Å². The summed E-state index contributed by atoms with van der Waals surface area (Å²) in [6.07, 6.45) is 7.43. The molecule has 1 saturated heterocycles. The molecule has 0 saturated carbocycles. The number of methoxy groups -OCH3 is 1. The van der Waals surface area contributed by atoms with Crippen molar-refractivity contribution in [3.8, 4) is 0 Å². The summed E-state index contributed by atoms with van der Waals surface area (Å²) in [5, 5.41) is 3.90. The molecule has 162 valence electrons. The maximum absolute atomic E-state index is 5.92. The van der Waals surface area contributed by atoms with Crippen molar-refractivity contribution in [2.45, 2.75) is 65.5 Å². The number of rotatable bonds is 10. The largest absolute Gasteiger partial charge is 0.381 e. The third kappa shape index (κ3) is 6.16. The summed E-state index contributed by atoms with van der Waals surface area (Å²) in [4.78, 5) is 4.48. The van der Waals surface area contributed by atoms with Crippen molar-refractivity contribution in [3.05, 3.63) is 47.7 Å². The first-order valence-corrected chi connectivity index (χ1v) is 11.0. The molecular weight excluding hydrogens is 360 g/mol. The highest BCUT2D eigenvalue weighted by atomic mass is 16.5. The summed E-state index contributed by atoms with van der Waals surface area (Å²) < 4.78 is 11.5. The highest BCUT2D eigenvalue weighted by Gasteiger charge is 2.39. The Morgan fingerprint density at radius 2 is 1.86 bits per heavy atom. The Balaban J connectivity index is 2.32. The fourth-order valence-electron chi connectivity index (χ4n) is 3.95. The van der Waals surface area contributed by atoms with Crippen LogP contribution in [-0.2, 0) is 9.47 Å². The van der Waals surface area contributed by atoms with E-state index in [2.05, 4.69) is 74.4 Å². The molecule has 1 aliphatic rings. The van der Waals surface area contributed by atoms with Crippen molar-refractivity contribution in [2.24, 2.45) is 16.3 Å². The molecule has 0 aromatic heterocycles. The van der Waals surface area contributed by atoms with Crippen LogP contribution in [0.15, 0.2) is 47.1 Å². The number of benzene rings is 1. The van der Waals surface area contributed by atoms with Crippen LogP contribution in [0.5, 0.6) is 0 Å². The number of nitrogens with one attached hydrogen (secondary N) is 1. The van der Waals surface area contributed by atoms with Gasteiger partial charge in [0.05, 0.1) is 6.04 Å². The van der Waals surface area contributed by atoms with E-state index in [1.165, 1.54) is 11.3 Å². The summed E-state index contributed by atoms with van der Waals surface area (Å²) in [6, 6.07) is 11.1. The second-order valence-electron chi connectivity index (χ2n) is 8.67. The standard InChI is InChI=1S/C25H40N2O2/c1-7-22(18-24(3,4)25(5,28-6)19-26-8-2)27-23(20-12-10-9-11-13-20)21-14-16-29-17-15-21/h9-13,18-19,21,23,27H,7-8,14-17H2,1-6H3/b22-18+,26-19?. The monoisotopic (exact) mass is 400 g/mol. The summed E-state index contributed by atoms with van der Waals surface area (Å²) >= 11 is 0. The molecule has 1 aliphatic heterocycles. The average Bonchev–Trinajstić information content (AvgIpc) is 2.75. The fourth-order valence-corrected chi connectivity index (χ4v) is 3.95. The van der Waals surface area contributed by atoms with Gasteiger partial charge in [-0.05, 0) is 44.6 Å². The van der Waals surface area contributed by atoms with Crippen LogP contribution in [0.2, 0.25) is 0 Å². The number of allylic oxidation sites excluding steroid dienone is 1. The molecular formula is C25H40N2O2. The Hall–Kier alpha value is -1.65. The smallest absolute Gasteiger partial charge is 0.108 e. The summed E-state index contributed by atoms with van der Waals surface area (Å²) in [6.45, 7) is 13.3. The Labute approximate surface area is 177 Å². The molecule has 0 aliphatic carbocycles. The van der Waals surface area contributed by atoms with E-state index >= 15 is 0 Å². The van der Waals surface area contributed by atoms with Gasteiger partial charge in [-0.25, -0.2) is 0 Å². The normalized spacial score (nSPS) is 19.9. The molecule has 4 nitrogen and oxygen atoms in total. The van der Waals surface area contributed by atoms with E-state index in [4.69, 9.17) is 9.47 Å². The van der Waals surface area contributed by atoms with Gasteiger partial charge < -0.3 is 14.8 Å². The van der Waals surface area contributed by atoms with Crippen molar-refractivity contribution in [1.82, 2.24) is 5.32 Å². The van der Waals surface area contributed by atoms with Gasteiger partial charge >= 0.3 is 0 Å². The average molecular weight is 401 g/mol. The summed E-state index contributed by atoms with van der Waals surface area (Å²) in [7, 11) is 1.77. The van der Waals surface area contributed by atoms with Gasteiger partial charge in [0.1, 0.15) is 5.60 Å². The van der Waals surface area contributed by atoms with Crippen molar-refractivity contribution in [1.29, 1.82) is 0 Å². The van der Waals surface area contributed by atoms with E-state index in [0.717, 1.165) is 39.0 Å². The van der Waals surface area contributed by atoms with Crippen LogP contribution < -0.4 is 5.32 Å². The first-order chi connectivity index (χ1) is 13.9. The predicted octanol–water partition coefficient (Wildman–Crippen LogP) is 5.56. The quantitative estimate of drug-likeness (QED) is 0.523. The molecule has 0 radical (unpaired) electrons. The minimum absolute atomic E-state index is 0.213. The molecule has 1 aromatic rings. The predicted molar refractivity (Wildman–Crippen MR) is 122 cm³/mol. The topological polar surface area (TPSA) is 42.8 Å². The van der Waals surface area contributed by atoms with Crippen LogP contribution in [0.1, 0.15) is 65.5 Å². The van der Waals surface area contributed by atoms with Gasteiger partial charge in [-0.1, -0.05) is 57.2 Å². The molecule has 0 spiro atoms. The zero-order valence-corrected chi connectivity index (χ0v) is 19.2. The lowest BCUT2D eigenvalue weighted by Gasteiger charge is -2.40. The van der Waals surface area contributed by atoms with Gasteiger partial charge in [-0.15, -0.1) is 0 Å². The molecule has 2 rings (SSSR count). The van der Waals surface area contributed by atoms with Crippen LogP contribution in [-0.4, -0.2) is 38.7 Å². The molecule has 0 bridgehead atoms. The Morgan fingerprint density at radius 3 is 2.41 bits per heavy atom. The van der Waals surface area contributed by atoms with E-state index in [1.807, 2.05) is 13.1 Å². The summed E-state index contributed by atoms with van der Waals surface area (Å²) in [5.74, 6) is 0.569. The zero-order chi connectivity index (χ0) is 21.3. The van der Waals surface area contributed by atoms with Gasteiger partial charge in [0.15, 0.2) is 0 Å². The van der Waals surface area contributed by atoms with Gasteiger partial charge in [-0.2, -0.15) is 0 Å². The minimum Gasteiger partial charge on any atom is -0.381 e. The molecule has 1 fully saturated rings. The van der Waals surface area contributed by atoms with E-state index < -0.39 is 5.60 Å². The van der Waals surface area contributed by atoms with Gasteiger partial charge in [0.25, 0.3) is 0 Å². The molecule has 2 unspecified atom stereocenters. The molecule has 2 atom stereocenters. The molecule has 29 heavy (non-hydrogen) atoms. The highest BCUT2D eigenvalue weighted by Crippen LogP contribution is 2.37. The third-order valence-electron chi connectivity index (χ3n) is 6.38. The maximum Gasteiger partial charge on any atom is 0.108 e. The Bertz CT molecular complexity index is 663. The van der Waals surface area contributed by atoms with Crippen molar-refractivity contribution >= 4 is 6.21 Å². The van der Waals surface area contributed by atoms with Crippen LogP contribution in [0, 0.1) is 11.3 Å². The second-order valence-corrected chi connectivity index (χ2v) is 8.67. The minimum atomic E-state index is -0.466. The van der Waals surface area contributed by atoms with E-state index in [9.17, 15) is 0 Å². The van der Waals surface area contributed by atoms with E-state index in [-0.39, 0.29) is 5.41 Å². The van der Waals surface area contributed by atoms with Gasteiger partial charge in [-0.3, -0.25) is 4.99 Å². The first kappa shape index (κ1) is 23.6. The van der Waals surface area contributed by atoms with Crippen LogP contribution >= 0.6 is 0 Å². The number of hydrogen-bond acceptors (Lipinski definition) is 4. The Morgan fingerprint density at radius 1 is 1.21 bits per heavy atom. The molecule has 1 heterocycles. The summed E-state index contributed by atoms with van der Waals surface area (Å²) in [5.41, 5.74) is 1.92. The number of aliphatic imine (C=N–C) groups is 1. The lowest BCUT2D eigenvalue weighted by atomic mass is 9.75. The molecule has 4 heteroatoms. The molecule has 1 N–H and O–H groups in total. The Kier molecular flexibility index (Phi) is 8.91. The number of nitrogens with zero attached hydrogens (tertiary/aromatic N) is 1. The molecule has 0 amide bonds. The number of ether oxygens (including phenoxy) is 2. The second kappa shape index (κ2) is 10.9. The van der Waals surface area contributed by atoms with E-state index in [0.29, 0.717) is 12.0 Å². The SMILES string of the molecule is CCN=CC(C)(OC)C(C)(C)/C=C(\CC)NC(c1ccccc1)C1CCOCC1. The van der Waals surface area contributed by atoms with Crippen LogP contribution in [0.25, 0.3) is 0 Å².